The number of hydrogen-bond donors (Lipinski definition) is 2. The fourth-order valence-electron chi connectivity index (χ4n) is 3.59. The van der Waals surface area contributed by atoms with Gasteiger partial charge in [0.25, 0.3) is 0 Å². The van der Waals surface area contributed by atoms with Crippen LogP contribution in [-0.4, -0.2) is 27.2 Å². The molecule has 2 N–H and O–H groups in total. The van der Waals surface area contributed by atoms with Crippen LogP contribution in [0.5, 0.6) is 0 Å². The number of nitrogens with zero attached hydrogens (tertiary/aromatic N) is 1. The number of aliphatic hydroxyl groups is 1. The van der Waals surface area contributed by atoms with Crippen LogP contribution in [0.1, 0.15) is 24.5 Å². The predicted octanol–water partition coefficient (Wildman–Crippen LogP) is 1.84. The largest absolute Gasteiger partial charge is 0.385 e. The number of aromatic amines is 1. The molecular weight excluding hydrogens is 240 g/mol. The maximum atomic E-state index is 12.0. The average molecular weight is 254 g/mol. The van der Waals surface area contributed by atoms with Crippen LogP contribution in [0, 0.1) is 5.92 Å². The summed E-state index contributed by atoms with van der Waals surface area (Å²) in [7, 11) is 0. The van der Waals surface area contributed by atoms with E-state index in [4.69, 9.17) is 0 Å². The monoisotopic (exact) mass is 254 g/mol. The van der Waals surface area contributed by atoms with Gasteiger partial charge < -0.3 is 5.11 Å². The molecule has 1 unspecified atom stereocenters. The van der Waals surface area contributed by atoms with E-state index in [0.717, 1.165) is 34.0 Å². The number of rotatable bonds is 0. The molecule has 1 heterocycles. The second-order valence-corrected chi connectivity index (χ2v) is 5.48. The van der Waals surface area contributed by atoms with Crippen molar-refractivity contribution in [1.29, 1.82) is 0 Å². The zero-order valence-electron chi connectivity index (χ0n) is 10.6. The van der Waals surface area contributed by atoms with Crippen LogP contribution in [-0.2, 0) is 11.2 Å². The molecule has 1 aromatic carbocycles. The van der Waals surface area contributed by atoms with Gasteiger partial charge in [0.05, 0.1) is 11.7 Å². The van der Waals surface area contributed by atoms with Gasteiger partial charge in [-0.25, -0.2) is 0 Å². The number of aliphatic hydroxyl groups excluding tert-OH is 1. The van der Waals surface area contributed by atoms with Crippen molar-refractivity contribution >= 4 is 22.3 Å². The fraction of sp³-hybridized carbons (Fsp3) is 0.333. The molecule has 4 nitrogen and oxygen atoms in total. The quantitative estimate of drug-likeness (QED) is 0.754. The van der Waals surface area contributed by atoms with Crippen LogP contribution in [0.2, 0.25) is 0 Å². The summed E-state index contributed by atoms with van der Waals surface area (Å²) < 4.78 is 0. The third-order valence-electron chi connectivity index (χ3n) is 4.47. The van der Waals surface area contributed by atoms with E-state index < -0.39 is 6.10 Å². The number of nitrogens with one attached hydrogen (secondary N) is 1. The van der Waals surface area contributed by atoms with E-state index >= 15 is 0 Å². The van der Waals surface area contributed by atoms with Crippen molar-refractivity contribution in [2.45, 2.75) is 25.9 Å². The molecule has 0 aliphatic heterocycles. The molecule has 4 heteroatoms. The van der Waals surface area contributed by atoms with Gasteiger partial charge >= 0.3 is 0 Å². The Kier molecular flexibility index (Phi) is 2.04. The highest BCUT2D eigenvalue weighted by atomic mass is 16.3. The van der Waals surface area contributed by atoms with Gasteiger partial charge in [-0.05, 0) is 54.0 Å². The summed E-state index contributed by atoms with van der Waals surface area (Å²) in [6.07, 6.45) is 2.45. The third-order valence-corrected chi connectivity index (χ3v) is 4.47. The van der Waals surface area contributed by atoms with E-state index in [1.807, 2.05) is 19.2 Å². The second-order valence-electron chi connectivity index (χ2n) is 5.48. The smallest absolute Gasteiger partial charge is 0.187 e. The Balaban J connectivity index is 2.00. The van der Waals surface area contributed by atoms with Crippen LogP contribution >= 0.6 is 0 Å². The molecule has 0 amide bonds. The lowest BCUT2D eigenvalue weighted by Crippen LogP contribution is -2.29. The Morgan fingerprint density at radius 3 is 3.11 bits per heavy atom. The summed E-state index contributed by atoms with van der Waals surface area (Å²) in [4.78, 5) is 12.0. The van der Waals surface area contributed by atoms with Crippen LogP contribution in [0.15, 0.2) is 23.9 Å². The molecule has 0 spiro atoms. The summed E-state index contributed by atoms with van der Waals surface area (Å²) in [5.74, 6) is 0.148. The van der Waals surface area contributed by atoms with E-state index in [2.05, 4.69) is 16.3 Å². The topological polar surface area (TPSA) is 66.0 Å². The summed E-state index contributed by atoms with van der Waals surface area (Å²) in [6.45, 7) is 1.84. The first-order chi connectivity index (χ1) is 9.16. The number of H-pyrrole nitrogens is 1. The molecule has 1 aromatic heterocycles. The maximum Gasteiger partial charge on any atom is 0.187 e. The van der Waals surface area contributed by atoms with Gasteiger partial charge in [0.1, 0.15) is 6.10 Å². The zero-order chi connectivity index (χ0) is 13.1. The van der Waals surface area contributed by atoms with Gasteiger partial charge in [0.15, 0.2) is 5.78 Å². The number of aromatic nitrogens is 2. The molecule has 2 aliphatic carbocycles. The minimum absolute atomic E-state index is 0.119. The van der Waals surface area contributed by atoms with Gasteiger partial charge in [-0.2, -0.15) is 5.10 Å². The molecule has 19 heavy (non-hydrogen) atoms. The van der Waals surface area contributed by atoms with Crippen molar-refractivity contribution in [3.8, 4) is 0 Å². The zero-order valence-corrected chi connectivity index (χ0v) is 10.6. The van der Waals surface area contributed by atoms with Gasteiger partial charge in [0.2, 0.25) is 0 Å². The number of Topliss-reactive ketones (excluding diaryl/α,β-unsaturated/α-hetero) is 1. The van der Waals surface area contributed by atoms with Crippen LogP contribution in [0.25, 0.3) is 16.5 Å². The molecule has 2 atom stereocenters. The Morgan fingerprint density at radius 2 is 2.26 bits per heavy atom. The number of benzene rings is 1. The minimum atomic E-state index is -0.831. The summed E-state index contributed by atoms with van der Waals surface area (Å²) in [5.41, 5.74) is 5.31. The molecule has 96 valence electrons. The number of allylic oxidation sites excluding steroid dienone is 1. The van der Waals surface area contributed by atoms with Crippen LogP contribution in [0.3, 0.4) is 0 Å². The highest BCUT2D eigenvalue weighted by molar-refractivity contribution is 6.08. The molecule has 0 saturated carbocycles. The number of carbonyl (C=O) groups is 1. The van der Waals surface area contributed by atoms with E-state index in [0.29, 0.717) is 6.42 Å². The van der Waals surface area contributed by atoms with Gasteiger partial charge in [-0.1, -0.05) is 6.07 Å². The highest BCUT2D eigenvalue weighted by Crippen LogP contribution is 2.46. The standard InChI is InChI=1S/C15H14N2O2/c1-7-14-8(5-13(18)15(7)19)4-10-9(14)2-3-12-11(10)6-16-17-12/h2-3,6,8,13,18H,4-5H2,1H3,(H,16,17)/t8?,13-/m0/s1. The van der Waals surface area contributed by atoms with Crippen LogP contribution in [0.4, 0.5) is 0 Å². The molecule has 0 bridgehead atoms. The lowest BCUT2D eigenvalue weighted by atomic mass is 9.81. The molecular formula is C15H14N2O2. The summed E-state index contributed by atoms with van der Waals surface area (Å²) in [6, 6.07) is 4.08. The van der Waals surface area contributed by atoms with E-state index in [1.165, 1.54) is 5.56 Å². The van der Waals surface area contributed by atoms with Crippen molar-refractivity contribution in [2.24, 2.45) is 5.92 Å². The first kappa shape index (κ1) is 10.9. The third kappa shape index (κ3) is 1.32. The number of carbonyl (C=O) groups excluding carboxylic acids is 1. The molecule has 0 fully saturated rings. The molecule has 0 radical (unpaired) electrons. The Morgan fingerprint density at radius 1 is 1.42 bits per heavy atom. The van der Waals surface area contributed by atoms with E-state index in [1.54, 1.807) is 0 Å². The summed E-state index contributed by atoms with van der Waals surface area (Å²) >= 11 is 0. The Labute approximate surface area is 110 Å². The lowest BCUT2D eigenvalue weighted by molar-refractivity contribution is -0.124. The van der Waals surface area contributed by atoms with E-state index in [9.17, 15) is 9.90 Å². The van der Waals surface area contributed by atoms with Gasteiger partial charge in [-0.15, -0.1) is 0 Å². The first-order valence-corrected chi connectivity index (χ1v) is 6.55. The second kappa shape index (κ2) is 3.54. The minimum Gasteiger partial charge on any atom is -0.385 e. The molecule has 0 saturated heterocycles. The van der Waals surface area contributed by atoms with Gasteiger partial charge in [0, 0.05) is 5.39 Å². The van der Waals surface area contributed by atoms with Crippen molar-refractivity contribution in [1.82, 2.24) is 10.2 Å². The molecule has 2 aliphatic rings. The Hall–Kier alpha value is -1.94. The molecule has 2 aromatic rings. The lowest BCUT2D eigenvalue weighted by Gasteiger charge is -2.24. The Bertz CT molecular complexity index is 742. The average Bonchev–Trinajstić information content (AvgIpc) is 2.98. The predicted molar refractivity (Wildman–Crippen MR) is 71.5 cm³/mol. The van der Waals surface area contributed by atoms with Crippen molar-refractivity contribution < 1.29 is 9.90 Å². The first-order valence-electron chi connectivity index (χ1n) is 6.55. The van der Waals surface area contributed by atoms with Crippen LogP contribution < -0.4 is 0 Å². The van der Waals surface area contributed by atoms with Crippen molar-refractivity contribution in [3.63, 3.8) is 0 Å². The van der Waals surface area contributed by atoms with Gasteiger partial charge in [-0.3, -0.25) is 9.89 Å². The maximum absolute atomic E-state index is 12.0. The fourth-order valence-corrected chi connectivity index (χ4v) is 3.59. The normalized spacial score (nSPS) is 25.9. The number of fused-ring (bicyclic) bond motifs is 5. The van der Waals surface area contributed by atoms with E-state index in [-0.39, 0.29) is 11.7 Å². The van der Waals surface area contributed by atoms with Crippen molar-refractivity contribution in [2.75, 3.05) is 0 Å². The SMILES string of the molecule is CC1=C2c3ccc4[nH]ncc4c3CC2C[C@H](O)C1=O. The van der Waals surface area contributed by atoms with Crippen molar-refractivity contribution in [3.05, 3.63) is 35.0 Å². The molecule has 4 rings (SSSR count). The number of ketones is 1. The summed E-state index contributed by atoms with van der Waals surface area (Å²) in [5, 5.41) is 18.0. The highest BCUT2D eigenvalue weighted by Gasteiger charge is 2.38. The number of hydrogen-bond acceptors (Lipinski definition) is 3.